The third-order valence-corrected chi connectivity index (χ3v) is 4.15. The first-order valence-electron chi connectivity index (χ1n) is 9.51. The van der Waals surface area contributed by atoms with E-state index in [2.05, 4.69) is 34.6 Å². The van der Waals surface area contributed by atoms with Crippen molar-refractivity contribution in [3.63, 3.8) is 0 Å². The molecule has 7 heteroatoms. The molecule has 0 amide bonds. The summed E-state index contributed by atoms with van der Waals surface area (Å²) >= 11 is 0. The second kappa shape index (κ2) is 17.3. The Balaban J connectivity index is 0.00000576. The lowest BCUT2D eigenvalue weighted by Crippen LogP contribution is -2.38. The van der Waals surface area contributed by atoms with Crippen LogP contribution in [0.5, 0.6) is 0 Å². The van der Waals surface area contributed by atoms with Gasteiger partial charge in [0, 0.05) is 33.4 Å². The van der Waals surface area contributed by atoms with Crippen LogP contribution >= 0.6 is 24.0 Å². The van der Waals surface area contributed by atoms with Gasteiger partial charge in [-0.3, -0.25) is 4.99 Å². The summed E-state index contributed by atoms with van der Waals surface area (Å²) in [6, 6.07) is 0. The molecule has 0 aromatic rings. The van der Waals surface area contributed by atoms with Crippen molar-refractivity contribution in [2.24, 2.45) is 4.99 Å². The number of nitrogens with one attached hydrogen (secondary N) is 2. The van der Waals surface area contributed by atoms with Gasteiger partial charge in [0.25, 0.3) is 0 Å². The van der Waals surface area contributed by atoms with Gasteiger partial charge in [0.1, 0.15) is 0 Å². The number of unbranched alkanes of at least 4 members (excludes halogenated alkanes) is 4. The van der Waals surface area contributed by atoms with Crippen LogP contribution in [0.25, 0.3) is 0 Å². The second-order valence-corrected chi connectivity index (χ2v) is 6.71. The van der Waals surface area contributed by atoms with Gasteiger partial charge >= 0.3 is 0 Å². The lowest BCUT2D eigenvalue weighted by molar-refractivity contribution is 0.0420. The maximum atomic E-state index is 5.75. The van der Waals surface area contributed by atoms with E-state index in [1.165, 1.54) is 38.6 Å². The van der Waals surface area contributed by atoms with E-state index < -0.39 is 0 Å². The molecule has 0 bridgehead atoms. The summed E-state index contributed by atoms with van der Waals surface area (Å²) in [4.78, 5) is 6.51. The van der Waals surface area contributed by atoms with Gasteiger partial charge in [-0.2, -0.15) is 0 Å². The summed E-state index contributed by atoms with van der Waals surface area (Å²) in [5, 5.41) is 6.72. The quantitative estimate of drug-likeness (QED) is 0.188. The van der Waals surface area contributed by atoms with Crippen molar-refractivity contribution >= 4 is 29.9 Å². The fourth-order valence-electron chi connectivity index (χ4n) is 2.68. The molecule has 0 aromatic heterocycles. The Morgan fingerprint density at radius 3 is 2.40 bits per heavy atom. The summed E-state index contributed by atoms with van der Waals surface area (Å²) < 4.78 is 11.0. The highest BCUT2D eigenvalue weighted by Crippen LogP contribution is 2.07. The summed E-state index contributed by atoms with van der Waals surface area (Å²) in [6.07, 6.45) is 8.77. The summed E-state index contributed by atoms with van der Waals surface area (Å²) in [5.74, 6) is 0.895. The van der Waals surface area contributed by atoms with Crippen molar-refractivity contribution in [3.8, 4) is 0 Å². The largest absolute Gasteiger partial charge is 0.379 e. The van der Waals surface area contributed by atoms with E-state index in [1.54, 1.807) is 0 Å². The van der Waals surface area contributed by atoms with Crippen molar-refractivity contribution in [3.05, 3.63) is 0 Å². The van der Waals surface area contributed by atoms with Crippen LogP contribution in [0.3, 0.4) is 0 Å². The Hall–Kier alpha value is -0.120. The van der Waals surface area contributed by atoms with Crippen LogP contribution in [0.1, 0.15) is 44.9 Å². The minimum Gasteiger partial charge on any atom is -0.379 e. The van der Waals surface area contributed by atoms with Gasteiger partial charge < -0.3 is 25.0 Å². The highest BCUT2D eigenvalue weighted by molar-refractivity contribution is 14.0. The summed E-state index contributed by atoms with van der Waals surface area (Å²) in [7, 11) is 6.10. The van der Waals surface area contributed by atoms with Crippen molar-refractivity contribution in [1.29, 1.82) is 0 Å². The highest BCUT2D eigenvalue weighted by Gasteiger charge is 2.15. The first kappa shape index (κ1) is 24.9. The van der Waals surface area contributed by atoms with Crippen LogP contribution in [0.2, 0.25) is 0 Å². The fourth-order valence-corrected chi connectivity index (χ4v) is 2.68. The molecule has 25 heavy (non-hydrogen) atoms. The number of hydrogen-bond donors (Lipinski definition) is 2. The summed E-state index contributed by atoms with van der Waals surface area (Å²) in [6.45, 7) is 5.46. The van der Waals surface area contributed by atoms with Gasteiger partial charge in [-0.15, -0.1) is 24.0 Å². The Bertz CT molecular complexity index is 324. The molecule has 1 rings (SSSR count). The molecule has 1 fully saturated rings. The number of nitrogens with zero attached hydrogens (tertiary/aromatic N) is 2. The molecular weight excluding hydrogens is 431 g/mol. The zero-order chi connectivity index (χ0) is 17.5. The zero-order valence-corrected chi connectivity index (χ0v) is 18.7. The molecule has 0 spiro atoms. The Morgan fingerprint density at radius 2 is 1.76 bits per heavy atom. The van der Waals surface area contributed by atoms with Gasteiger partial charge in [0.05, 0.1) is 12.7 Å². The monoisotopic (exact) mass is 470 g/mol. The number of aliphatic imine (C=N–C) groups is 1. The smallest absolute Gasteiger partial charge is 0.190 e. The molecule has 2 N–H and O–H groups in total. The molecule has 1 heterocycles. The number of rotatable bonds is 13. The SMILES string of the molecule is CN=C(NCCCCCCCN(C)C)NCCCOC1CCOC1.I. The third-order valence-electron chi connectivity index (χ3n) is 4.15. The predicted molar refractivity (Wildman–Crippen MR) is 116 cm³/mol. The van der Waals surface area contributed by atoms with E-state index in [4.69, 9.17) is 9.47 Å². The average Bonchev–Trinajstić information content (AvgIpc) is 3.08. The maximum Gasteiger partial charge on any atom is 0.190 e. The average molecular weight is 470 g/mol. The van der Waals surface area contributed by atoms with Crippen LogP contribution in [0.15, 0.2) is 4.99 Å². The normalized spacial score (nSPS) is 17.6. The molecule has 1 aliphatic rings. The fraction of sp³-hybridized carbons (Fsp3) is 0.944. The maximum absolute atomic E-state index is 5.75. The van der Waals surface area contributed by atoms with Crippen molar-refractivity contribution in [2.45, 2.75) is 51.0 Å². The molecule has 1 saturated heterocycles. The van der Waals surface area contributed by atoms with Gasteiger partial charge in [0.15, 0.2) is 5.96 Å². The van der Waals surface area contributed by atoms with Gasteiger partial charge in [-0.1, -0.05) is 19.3 Å². The van der Waals surface area contributed by atoms with Crippen LogP contribution in [0, 0.1) is 0 Å². The molecule has 0 aliphatic carbocycles. The number of ether oxygens (including phenoxy) is 2. The van der Waals surface area contributed by atoms with E-state index in [-0.39, 0.29) is 24.0 Å². The molecular formula is C18H39IN4O2. The van der Waals surface area contributed by atoms with Crippen molar-refractivity contribution in [2.75, 3.05) is 60.6 Å². The van der Waals surface area contributed by atoms with Gasteiger partial charge in [-0.25, -0.2) is 0 Å². The lowest BCUT2D eigenvalue weighted by atomic mass is 10.1. The lowest BCUT2D eigenvalue weighted by Gasteiger charge is -2.13. The molecule has 150 valence electrons. The molecule has 0 saturated carbocycles. The van der Waals surface area contributed by atoms with Gasteiger partial charge in [0.2, 0.25) is 0 Å². The van der Waals surface area contributed by atoms with E-state index in [0.29, 0.717) is 6.10 Å². The number of hydrogen-bond acceptors (Lipinski definition) is 4. The molecule has 0 aromatic carbocycles. The first-order valence-corrected chi connectivity index (χ1v) is 9.51. The van der Waals surface area contributed by atoms with Crippen LogP contribution in [-0.2, 0) is 9.47 Å². The van der Waals surface area contributed by atoms with E-state index >= 15 is 0 Å². The van der Waals surface area contributed by atoms with E-state index in [1.807, 2.05) is 7.05 Å². The van der Waals surface area contributed by atoms with Crippen LogP contribution < -0.4 is 10.6 Å². The van der Waals surface area contributed by atoms with E-state index in [0.717, 1.165) is 51.7 Å². The Morgan fingerprint density at radius 1 is 1.08 bits per heavy atom. The number of guanidine groups is 1. The molecule has 6 nitrogen and oxygen atoms in total. The molecule has 1 atom stereocenters. The molecule has 1 aliphatic heterocycles. The zero-order valence-electron chi connectivity index (χ0n) is 16.4. The third kappa shape index (κ3) is 14.7. The number of halogens is 1. The Kier molecular flexibility index (Phi) is 17.2. The van der Waals surface area contributed by atoms with Crippen molar-refractivity contribution < 1.29 is 9.47 Å². The Labute approximate surface area is 171 Å². The molecule has 0 radical (unpaired) electrons. The first-order chi connectivity index (χ1) is 11.7. The highest BCUT2D eigenvalue weighted by atomic mass is 127. The molecule has 1 unspecified atom stereocenters. The minimum absolute atomic E-state index is 0. The van der Waals surface area contributed by atoms with Crippen LogP contribution in [-0.4, -0.2) is 77.6 Å². The van der Waals surface area contributed by atoms with Crippen LogP contribution in [0.4, 0.5) is 0 Å². The van der Waals surface area contributed by atoms with Gasteiger partial charge in [-0.05, 0) is 46.3 Å². The standard InChI is InChI=1S/C18H38N4O2.HI/c1-19-18(20-11-7-5-4-6-8-13-22(2)3)21-12-9-14-24-17-10-15-23-16-17;/h17H,4-16H2,1-3H3,(H2,19,20,21);1H. The predicted octanol–water partition coefficient (Wildman–Crippen LogP) is 2.48. The second-order valence-electron chi connectivity index (χ2n) is 6.71. The topological polar surface area (TPSA) is 58.1 Å². The van der Waals surface area contributed by atoms with E-state index in [9.17, 15) is 0 Å². The van der Waals surface area contributed by atoms with Crippen molar-refractivity contribution in [1.82, 2.24) is 15.5 Å². The minimum atomic E-state index is 0. The summed E-state index contributed by atoms with van der Waals surface area (Å²) in [5.41, 5.74) is 0.